The molecular formula is C8H13N3O5. The predicted octanol–water partition coefficient (Wildman–Crippen LogP) is -1.40. The summed E-state index contributed by atoms with van der Waals surface area (Å²) in [6.45, 7) is 4.73. The minimum absolute atomic E-state index is 0.217. The van der Waals surface area contributed by atoms with E-state index in [0.29, 0.717) is 13.1 Å². The van der Waals surface area contributed by atoms with Gasteiger partial charge in [-0.1, -0.05) is 6.08 Å². The molecular weight excluding hydrogens is 218 g/mol. The van der Waals surface area contributed by atoms with Crippen molar-refractivity contribution in [2.45, 2.75) is 0 Å². The van der Waals surface area contributed by atoms with E-state index in [4.69, 9.17) is 5.11 Å². The average molecular weight is 231 g/mol. The monoisotopic (exact) mass is 231 g/mol. The second-order valence-electron chi connectivity index (χ2n) is 2.55. The first-order chi connectivity index (χ1) is 7.57. The Bertz CT molecular complexity index is 279. The van der Waals surface area contributed by atoms with Crippen molar-refractivity contribution in [3.05, 3.63) is 12.7 Å². The maximum atomic E-state index is 10.9. The smallest absolute Gasteiger partial charge is 0.438 e. The van der Waals surface area contributed by atoms with Gasteiger partial charge in [0.15, 0.2) is 0 Å². The van der Waals surface area contributed by atoms with Crippen molar-refractivity contribution in [3.8, 4) is 0 Å². The number of carbonyl (C=O) groups is 3. The van der Waals surface area contributed by atoms with Crippen molar-refractivity contribution in [1.82, 2.24) is 16.1 Å². The molecule has 8 nitrogen and oxygen atoms in total. The number of hydrogen-bond acceptors (Lipinski definition) is 5. The summed E-state index contributed by atoms with van der Waals surface area (Å²) in [6.07, 6.45) is 0.0844. The van der Waals surface area contributed by atoms with Crippen molar-refractivity contribution < 1.29 is 24.3 Å². The van der Waals surface area contributed by atoms with Crippen molar-refractivity contribution in [2.75, 3.05) is 19.6 Å². The molecule has 0 fully saturated rings. The van der Waals surface area contributed by atoms with Crippen LogP contribution in [0, 0.1) is 0 Å². The van der Waals surface area contributed by atoms with E-state index in [2.05, 4.69) is 22.1 Å². The van der Waals surface area contributed by atoms with E-state index in [-0.39, 0.29) is 6.54 Å². The van der Waals surface area contributed by atoms with Crippen LogP contribution in [-0.2, 0) is 14.4 Å². The number of hydrogen-bond donors (Lipinski definition) is 4. The molecule has 0 aliphatic heterocycles. The lowest BCUT2D eigenvalue weighted by Crippen LogP contribution is -2.39. The fraction of sp³-hybridized carbons (Fsp3) is 0.375. The third kappa shape index (κ3) is 7.33. The van der Waals surface area contributed by atoms with Crippen LogP contribution in [0.5, 0.6) is 0 Å². The van der Waals surface area contributed by atoms with Gasteiger partial charge < -0.3 is 20.6 Å². The van der Waals surface area contributed by atoms with Gasteiger partial charge in [-0.15, -0.1) is 12.1 Å². The number of carbonyl (C=O) groups excluding carboxylic acids is 2. The third-order valence-electron chi connectivity index (χ3n) is 1.29. The first-order valence-corrected chi connectivity index (χ1v) is 4.37. The van der Waals surface area contributed by atoms with E-state index in [1.807, 2.05) is 0 Å². The molecule has 0 radical (unpaired) electrons. The molecule has 16 heavy (non-hydrogen) atoms. The second-order valence-corrected chi connectivity index (χ2v) is 2.55. The Hall–Kier alpha value is -2.09. The Morgan fingerprint density at radius 3 is 2.56 bits per heavy atom. The number of hydroxylamine groups is 1. The molecule has 90 valence electrons. The van der Waals surface area contributed by atoms with E-state index in [9.17, 15) is 14.4 Å². The summed E-state index contributed by atoms with van der Waals surface area (Å²) < 4.78 is 0. The Balaban J connectivity index is 3.59. The molecule has 4 N–H and O–H groups in total. The Morgan fingerprint density at radius 2 is 2.00 bits per heavy atom. The molecule has 0 spiro atoms. The molecule has 0 aromatic heterocycles. The molecule has 0 aliphatic carbocycles. The molecule has 0 heterocycles. The second kappa shape index (κ2) is 8.24. The quantitative estimate of drug-likeness (QED) is 0.200. The zero-order valence-corrected chi connectivity index (χ0v) is 8.49. The van der Waals surface area contributed by atoms with Gasteiger partial charge in [-0.05, 0) is 0 Å². The van der Waals surface area contributed by atoms with Crippen LogP contribution >= 0.6 is 0 Å². The van der Waals surface area contributed by atoms with Crippen molar-refractivity contribution in [2.24, 2.45) is 0 Å². The predicted molar refractivity (Wildman–Crippen MR) is 53.3 cm³/mol. The topological polar surface area (TPSA) is 117 Å². The molecule has 2 amide bonds. The van der Waals surface area contributed by atoms with E-state index in [0.717, 1.165) is 0 Å². The van der Waals surface area contributed by atoms with Crippen molar-refractivity contribution in [3.63, 3.8) is 0 Å². The summed E-state index contributed by atoms with van der Waals surface area (Å²) in [5.41, 5.74) is 1.31. The van der Waals surface area contributed by atoms with Crippen LogP contribution in [0.25, 0.3) is 0 Å². The molecule has 0 rings (SSSR count). The standard InChI is InChI=1S/C8H13N3O5/c1-2-3-9-4-5-10-6(12)7(13)16-11-8(14)15/h2,9,11H,1,3-5H2,(H,10,12)(H,14,15). The molecule has 8 heteroatoms. The summed E-state index contributed by atoms with van der Waals surface area (Å²) in [4.78, 5) is 35.5. The summed E-state index contributed by atoms with van der Waals surface area (Å²) in [5, 5.41) is 13.2. The SMILES string of the molecule is C=CCNCCNC(=O)C(=O)ONC(=O)O. The Morgan fingerprint density at radius 1 is 1.31 bits per heavy atom. The number of nitrogens with one attached hydrogen (secondary N) is 3. The van der Waals surface area contributed by atoms with E-state index >= 15 is 0 Å². The molecule has 0 aromatic rings. The summed E-state index contributed by atoms with van der Waals surface area (Å²) in [6, 6.07) is 0. The molecule has 0 aliphatic rings. The van der Waals surface area contributed by atoms with E-state index in [1.54, 1.807) is 6.08 Å². The zero-order valence-electron chi connectivity index (χ0n) is 8.49. The van der Waals surface area contributed by atoms with Crippen molar-refractivity contribution in [1.29, 1.82) is 0 Å². The van der Waals surface area contributed by atoms with Gasteiger partial charge in [0.25, 0.3) is 0 Å². The van der Waals surface area contributed by atoms with Gasteiger partial charge in [-0.25, -0.2) is 9.59 Å². The van der Waals surface area contributed by atoms with Gasteiger partial charge in [-0.3, -0.25) is 4.79 Å². The average Bonchev–Trinajstić information content (AvgIpc) is 2.25. The normalized spacial score (nSPS) is 9.00. The first kappa shape index (κ1) is 13.9. The zero-order chi connectivity index (χ0) is 12.4. The maximum absolute atomic E-state index is 10.9. The van der Waals surface area contributed by atoms with Gasteiger partial charge in [0, 0.05) is 19.6 Å². The highest BCUT2D eigenvalue weighted by atomic mass is 16.7. The van der Waals surface area contributed by atoms with Gasteiger partial charge in [0.1, 0.15) is 0 Å². The highest BCUT2D eigenvalue weighted by Crippen LogP contribution is 1.75. The molecule has 0 unspecified atom stereocenters. The highest BCUT2D eigenvalue weighted by Gasteiger charge is 2.15. The number of amides is 2. The Labute approximate surface area is 91.6 Å². The van der Waals surface area contributed by atoms with E-state index in [1.165, 1.54) is 5.48 Å². The van der Waals surface area contributed by atoms with Crippen LogP contribution in [0.4, 0.5) is 4.79 Å². The van der Waals surface area contributed by atoms with Crippen LogP contribution in [0.15, 0.2) is 12.7 Å². The molecule has 0 bridgehead atoms. The maximum Gasteiger partial charge on any atom is 0.438 e. The summed E-state index contributed by atoms with van der Waals surface area (Å²) in [5.74, 6) is -2.33. The van der Waals surface area contributed by atoms with E-state index < -0.39 is 18.0 Å². The fourth-order valence-corrected chi connectivity index (χ4v) is 0.677. The lowest BCUT2D eigenvalue weighted by atomic mass is 10.5. The molecule has 0 saturated heterocycles. The highest BCUT2D eigenvalue weighted by molar-refractivity contribution is 6.32. The van der Waals surface area contributed by atoms with Crippen LogP contribution in [0.2, 0.25) is 0 Å². The van der Waals surface area contributed by atoms with Gasteiger partial charge >= 0.3 is 18.0 Å². The minimum Gasteiger partial charge on any atom is -0.463 e. The molecule has 0 saturated carbocycles. The van der Waals surface area contributed by atoms with Gasteiger partial charge in [0.2, 0.25) is 0 Å². The van der Waals surface area contributed by atoms with Crippen molar-refractivity contribution >= 4 is 18.0 Å². The third-order valence-corrected chi connectivity index (χ3v) is 1.29. The van der Waals surface area contributed by atoms with Crippen LogP contribution in [0.3, 0.4) is 0 Å². The van der Waals surface area contributed by atoms with Gasteiger partial charge in [-0.2, -0.15) is 0 Å². The number of rotatable bonds is 5. The lowest BCUT2D eigenvalue weighted by molar-refractivity contribution is -0.159. The lowest BCUT2D eigenvalue weighted by Gasteiger charge is -2.04. The first-order valence-electron chi connectivity index (χ1n) is 4.37. The molecule has 0 aromatic carbocycles. The van der Waals surface area contributed by atoms with Crippen LogP contribution in [0.1, 0.15) is 0 Å². The molecule has 0 atom stereocenters. The van der Waals surface area contributed by atoms with Gasteiger partial charge in [0.05, 0.1) is 0 Å². The summed E-state index contributed by atoms with van der Waals surface area (Å²) in [7, 11) is 0. The van der Waals surface area contributed by atoms with Crippen LogP contribution < -0.4 is 16.1 Å². The largest absolute Gasteiger partial charge is 0.463 e. The minimum atomic E-state index is -1.56. The van der Waals surface area contributed by atoms with Crippen LogP contribution in [-0.4, -0.2) is 42.7 Å². The number of carboxylic acid groups (broad SMARTS) is 1. The summed E-state index contributed by atoms with van der Waals surface area (Å²) >= 11 is 0. The Kier molecular flexibility index (Phi) is 7.16. The fourth-order valence-electron chi connectivity index (χ4n) is 0.677.